The lowest BCUT2D eigenvalue weighted by Gasteiger charge is -2.38. The van der Waals surface area contributed by atoms with Crippen LogP contribution in [-0.4, -0.2) is 45.3 Å². The second-order valence-electron chi connectivity index (χ2n) is 7.90. The molecule has 0 saturated carbocycles. The number of hydrogen-bond donors (Lipinski definition) is 0. The van der Waals surface area contributed by atoms with Crippen LogP contribution in [0.5, 0.6) is 17.2 Å². The number of fused-ring (bicyclic) bond motifs is 1. The molecular weight excluding hydrogens is 418 g/mol. The first-order chi connectivity index (χ1) is 16.1. The van der Waals surface area contributed by atoms with Crippen molar-refractivity contribution in [1.82, 2.24) is 4.90 Å². The van der Waals surface area contributed by atoms with E-state index in [1.54, 1.807) is 21.3 Å². The largest absolute Gasteiger partial charge is 0.497 e. The molecule has 33 heavy (non-hydrogen) atoms. The van der Waals surface area contributed by atoms with Crippen molar-refractivity contribution in [3.05, 3.63) is 89.0 Å². The van der Waals surface area contributed by atoms with Gasteiger partial charge in [-0.1, -0.05) is 42.5 Å². The normalized spacial score (nSPS) is 15.0. The van der Waals surface area contributed by atoms with Gasteiger partial charge in [0.2, 0.25) is 5.91 Å². The quantitative estimate of drug-likeness (QED) is 0.512. The molecule has 1 atom stereocenters. The summed E-state index contributed by atoms with van der Waals surface area (Å²) in [5.74, 6) is 2.05. The molecule has 1 aliphatic heterocycles. The van der Waals surface area contributed by atoms with Gasteiger partial charge < -0.3 is 23.8 Å². The van der Waals surface area contributed by atoms with Gasteiger partial charge >= 0.3 is 0 Å². The zero-order valence-electron chi connectivity index (χ0n) is 19.2. The van der Waals surface area contributed by atoms with Crippen LogP contribution in [0.3, 0.4) is 0 Å². The Bertz CT molecular complexity index is 1080. The van der Waals surface area contributed by atoms with E-state index in [0.29, 0.717) is 24.7 Å². The third kappa shape index (κ3) is 4.96. The minimum absolute atomic E-state index is 0.0180. The Morgan fingerprint density at radius 2 is 1.61 bits per heavy atom. The standard InChI is InChI=1S/C27H29NO5/c1-30-22-11-9-20(10-12-22)27-23-16-25(32-3)24(31-2)15-21(23)13-14-28(27)26(29)18-33-17-19-7-5-4-6-8-19/h4-12,15-16,27H,13-14,17-18H2,1-3H3. The molecule has 1 amide bonds. The van der Waals surface area contributed by atoms with Gasteiger partial charge in [-0.25, -0.2) is 0 Å². The molecule has 1 aliphatic rings. The number of carbonyl (C=O) groups excluding carboxylic acids is 1. The average Bonchev–Trinajstić information content (AvgIpc) is 2.87. The Labute approximate surface area is 194 Å². The van der Waals surface area contributed by atoms with Crippen LogP contribution in [0, 0.1) is 0 Å². The van der Waals surface area contributed by atoms with Crippen molar-refractivity contribution in [2.45, 2.75) is 19.1 Å². The lowest BCUT2D eigenvalue weighted by atomic mass is 9.87. The number of amides is 1. The Morgan fingerprint density at radius 1 is 0.909 bits per heavy atom. The number of nitrogens with zero attached hydrogens (tertiary/aromatic N) is 1. The maximum Gasteiger partial charge on any atom is 0.249 e. The highest BCUT2D eigenvalue weighted by atomic mass is 16.5. The predicted molar refractivity (Wildman–Crippen MR) is 126 cm³/mol. The summed E-state index contributed by atoms with van der Waals surface area (Å²) in [7, 11) is 4.89. The summed E-state index contributed by atoms with van der Waals surface area (Å²) >= 11 is 0. The van der Waals surface area contributed by atoms with E-state index in [0.717, 1.165) is 34.4 Å². The molecule has 0 fully saturated rings. The van der Waals surface area contributed by atoms with Crippen LogP contribution in [0.2, 0.25) is 0 Å². The van der Waals surface area contributed by atoms with Crippen molar-refractivity contribution in [3.8, 4) is 17.2 Å². The molecule has 0 aromatic heterocycles. The van der Waals surface area contributed by atoms with Gasteiger partial charge in [-0.2, -0.15) is 0 Å². The molecule has 172 valence electrons. The monoisotopic (exact) mass is 447 g/mol. The van der Waals surface area contributed by atoms with Gasteiger partial charge in [-0.15, -0.1) is 0 Å². The van der Waals surface area contributed by atoms with Crippen LogP contribution in [-0.2, 0) is 22.6 Å². The Morgan fingerprint density at radius 3 is 2.27 bits per heavy atom. The number of methoxy groups -OCH3 is 3. The van der Waals surface area contributed by atoms with Gasteiger partial charge in [0.25, 0.3) is 0 Å². The molecule has 3 aromatic carbocycles. The minimum atomic E-state index is -0.257. The van der Waals surface area contributed by atoms with E-state index in [4.69, 9.17) is 18.9 Å². The number of benzene rings is 3. The van der Waals surface area contributed by atoms with Crippen LogP contribution in [0.25, 0.3) is 0 Å². The summed E-state index contributed by atoms with van der Waals surface area (Å²) in [6.07, 6.45) is 0.729. The van der Waals surface area contributed by atoms with E-state index < -0.39 is 0 Å². The molecule has 1 unspecified atom stereocenters. The van der Waals surface area contributed by atoms with Crippen LogP contribution < -0.4 is 14.2 Å². The van der Waals surface area contributed by atoms with Crippen LogP contribution in [0.4, 0.5) is 0 Å². The fraction of sp³-hybridized carbons (Fsp3) is 0.296. The summed E-state index contributed by atoms with van der Waals surface area (Å²) < 4.78 is 22.2. The van der Waals surface area contributed by atoms with Gasteiger partial charge in [0.15, 0.2) is 11.5 Å². The highest BCUT2D eigenvalue weighted by Gasteiger charge is 2.33. The van der Waals surface area contributed by atoms with E-state index in [2.05, 4.69) is 0 Å². The fourth-order valence-electron chi connectivity index (χ4n) is 4.27. The smallest absolute Gasteiger partial charge is 0.249 e. The predicted octanol–water partition coefficient (Wildman–Crippen LogP) is 4.40. The van der Waals surface area contributed by atoms with Gasteiger partial charge in [0.1, 0.15) is 12.4 Å². The first kappa shape index (κ1) is 22.7. The zero-order chi connectivity index (χ0) is 23.2. The van der Waals surface area contributed by atoms with Crippen molar-refractivity contribution < 1.29 is 23.7 Å². The van der Waals surface area contributed by atoms with Crippen molar-refractivity contribution in [1.29, 1.82) is 0 Å². The van der Waals surface area contributed by atoms with Gasteiger partial charge in [0, 0.05) is 6.54 Å². The summed E-state index contributed by atoms with van der Waals surface area (Å²) in [5, 5.41) is 0. The Kier molecular flexibility index (Phi) is 7.15. The number of ether oxygens (including phenoxy) is 4. The fourth-order valence-corrected chi connectivity index (χ4v) is 4.27. The highest BCUT2D eigenvalue weighted by molar-refractivity contribution is 5.79. The van der Waals surface area contributed by atoms with Crippen molar-refractivity contribution >= 4 is 5.91 Å². The van der Waals surface area contributed by atoms with E-state index in [1.165, 1.54) is 0 Å². The van der Waals surface area contributed by atoms with Gasteiger partial charge in [0.05, 0.1) is 34.0 Å². The lowest BCUT2D eigenvalue weighted by molar-refractivity contribution is -0.138. The first-order valence-electron chi connectivity index (χ1n) is 10.9. The number of rotatable bonds is 8. The van der Waals surface area contributed by atoms with Crippen LogP contribution >= 0.6 is 0 Å². The molecule has 3 aromatic rings. The lowest BCUT2D eigenvalue weighted by Crippen LogP contribution is -2.42. The second-order valence-corrected chi connectivity index (χ2v) is 7.90. The highest BCUT2D eigenvalue weighted by Crippen LogP contribution is 2.41. The molecular formula is C27H29NO5. The second kappa shape index (κ2) is 10.4. The SMILES string of the molecule is COc1ccc(C2c3cc(OC)c(OC)cc3CCN2C(=O)COCc2ccccc2)cc1. The molecule has 1 heterocycles. The van der Waals surface area contributed by atoms with Gasteiger partial charge in [-0.3, -0.25) is 4.79 Å². The summed E-state index contributed by atoms with van der Waals surface area (Å²) in [4.78, 5) is 15.2. The van der Waals surface area contributed by atoms with Crippen LogP contribution in [0.15, 0.2) is 66.7 Å². The van der Waals surface area contributed by atoms with E-state index in [-0.39, 0.29) is 18.6 Å². The third-order valence-electron chi connectivity index (χ3n) is 5.96. The van der Waals surface area contributed by atoms with Gasteiger partial charge in [-0.05, 0) is 52.9 Å². The third-order valence-corrected chi connectivity index (χ3v) is 5.96. The summed E-state index contributed by atoms with van der Waals surface area (Å²) in [6, 6.07) is 21.4. The average molecular weight is 448 g/mol. The van der Waals surface area contributed by atoms with Crippen LogP contribution in [0.1, 0.15) is 28.3 Å². The number of hydrogen-bond acceptors (Lipinski definition) is 5. The zero-order valence-corrected chi connectivity index (χ0v) is 19.2. The van der Waals surface area contributed by atoms with Crippen molar-refractivity contribution in [3.63, 3.8) is 0 Å². The van der Waals surface area contributed by atoms with Crippen molar-refractivity contribution in [2.75, 3.05) is 34.5 Å². The van der Waals surface area contributed by atoms with E-state index in [1.807, 2.05) is 71.6 Å². The molecule has 0 spiro atoms. The molecule has 0 bridgehead atoms. The Balaban J connectivity index is 1.63. The molecule has 4 rings (SSSR count). The van der Waals surface area contributed by atoms with Crippen molar-refractivity contribution in [2.24, 2.45) is 0 Å². The Hall–Kier alpha value is -3.51. The molecule has 0 aliphatic carbocycles. The maximum absolute atomic E-state index is 13.3. The molecule has 6 heteroatoms. The summed E-state index contributed by atoms with van der Waals surface area (Å²) in [6.45, 7) is 1.01. The molecule has 0 saturated heterocycles. The number of carbonyl (C=O) groups is 1. The molecule has 0 N–H and O–H groups in total. The van der Waals surface area contributed by atoms with E-state index in [9.17, 15) is 4.79 Å². The summed E-state index contributed by atoms with van der Waals surface area (Å²) in [5.41, 5.74) is 4.21. The maximum atomic E-state index is 13.3. The molecule has 0 radical (unpaired) electrons. The molecule has 6 nitrogen and oxygen atoms in total. The topological polar surface area (TPSA) is 57.2 Å². The van der Waals surface area contributed by atoms with E-state index >= 15 is 0 Å². The first-order valence-corrected chi connectivity index (χ1v) is 10.9. The minimum Gasteiger partial charge on any atom is -0.497 e.